The van der Waals surface area contributed by atoms with E-state index in [-0.39, 0.29) is 12.3 Å². The van der Waals surface area contributed by atoms with Crippen LogP contribution in [-0.4, -0.2) is 19.6 Å². The Labute approximate surface area is 97.3 Å². The molecule has 0 aliphatic heterocycles. The zero-order valence-corrected chi connectivity index (χ0v) is 8.98. The standard InChI is InChI=1S/C11H11N3O3/c15-7-11-5-12-8-13(11)6-9-1-3-10(4-2-9)14(16)17/h1-5,8,15H,6-7H2. The lowest BCUT2D eigenvalue weighted by molar-refractivity contribution is -0.384. The molecule has 0 radical (unpaired) electrons. The van der Waals surface area contributed by atoms with E-state index in [0.717, 1.165) is 5.56 Å². The monoisotopic (exact) mass is 233 g/mol. The molecule has 0 atom stereocenters. The van der Waals surface area contributed by atoms with Crippen LogP contribution in [0, 0.1) is 10.1 Å². The number of aliphatic hydroxyl groups excluding tert-OH is 1. The van der Waals surface area contributed by atoms with Gasteiger partial charge in [-0.15, -0.1) is 0 Å². The van der Waals surface area contributed by atoms with E-state index in [1.54, 1.807) is 29.2 Å². The van der Waals surface area contributed by atoms with Crippen molar-refractivity contribution < 1.29 is 10.0 Å². The van der Waals surface area contributed by atoms with Crippen LogP contribution in [0.1, 0.15) is 11.3 Å². The number of imidazole rings is 1. The minimum atomic E-state index is -0.430. The van der Waals surface area contributed by atoms with Crippen LogP contribution in [0.4, 0.5) is 5.69 Å². The lowest BCUT2D eigenvalue weighted by Gasteiger charge is -2.05. The number of hydrogen-bond acceptors (Lipinski definition) is 4. The highest BCUT2D eigenvalue weighted by Crippen LogP contribution is 2.13. The summed E-state index contributed by atoms with van der Waals surface area (Å²) in [6, 6.07) is 6.31. The molecule has 88 valence electrons. The fraction of sp³-hybridized carbons (Fsp3) is 0.182. The summed E-state index contributed by atoms with van der Waals surface area (Å²) in [7, 11) is 0. The van der Waals surface area contributed by atoms with Crippen molar-refractivity contribution in [3.8, 4) is 0 Å². The Hall–Kier alpha value is -2.21. The Kier molecular flexibility index (Phi) is 3.15. The van der Waals surface area contributed by atoms with Gasteiger partial charge in [0.2, 0.25) is 0 Å². The van der Waals surface area contributed by atoms with Gasteiger partial charge in [0.25, 0.3) is 5.69 Å². The van der Waals surface area contributed by atoms with Crippen molar-refractivity contribution in [2.24, 2.45) is 0 Å². The van der Waals surface area contributed by atoms with Crippen LogP contribution in [0.15, 0.2) is 36.8 Å². The molecule has 2 aromatic rings. The molecule has 0 bridgehead atoms. The molecule has 0 fully saturated rings. The zero-order chi connectivity index (χ0) is 12.3. The van der Waals surface area contributed by atoms with Gasteiger partial charge in [-0.05, 0) is 5.56 Å². The van der Waals surface area contributed by atoms with Crippen LogP contribution in [0.3, 0.4) is 0 Å². The molecule has 0 aliphatic carbocycles. The molecule has 1 aromatic heterocycles. The zero-order valence-electron chi connectivity index (χ0n) is 8.98. The quantitative estimate of drug-likeness (QED) is 0.638. The Morgan fingerprint density at radius 3 is 2.65 bits per heavy atom. The van der Waals surface area contributed by atoms with Crippen molar-refractivity contribution in [3.05, 3.63) is 58.2 Å². The number of nitrogens with zero attached hydrogens (tertiary/aromatic N) is 3. The second kappa shape index (κ2) is 4.75. The first kappa shape index (κ1) is 11.3. The van der Waals surface area contributed by atoms with Gasteiger partial charge in [-0.2, -0.15) is 0 Å². The van der Waals surface area contributed by atoms with Gasteiger partial charge in [-0.3, -0.25) is 10.1 Å². The molecule has 1 heterocycles. The summed E-state index contributed by atoms with van der Waals surface area (Å²) in [5, 5.41) is 19.5. The Balaban J connectivity index is 2.16. The Morgan fingerprint density at radius 2 is 2.06 bits per heavy atom. The summed E-state index contributed by atoms with van der Waals surface area (Å²) in [6.07, 6.45) is 3.21. The summed E-state index contributed by atoms with van der Waals surface area (Å²) >= 11 is 0. The second-order valence-corrected chi connectivity index (χ2v) is 3.59. The van der Waals surface area contributed by atoms with E-state index in [1.807, 2.05) is 0 Å². The highest BCUT2D eigenvalue weighted by molar-refractivity contribution is 5.33. The maximum absolute atomic E-state index is 10.5. The van der Waals surface area contributed by atoms with E-state index in [0.29, 0.717) is 12.2 Å². The van der Waals surface area contributed by atoms with Crippen molar-refractivity contribution in [1.82, 2.24) is 9.55 Å². The van der Waals surface area contributed by atoms with Crippen molar-refractivity contribution in [2.75, 3.05) is 0 Å². The normalized spacial score (nSPS) is 10.4. The van der Waals surface area contributed by atoms with Crippen LogP contribution < -0.4 is 0 Å². The molecule has 0 saturated heterocycles. The van der Waals surface area contributed by atoms with Gasteiger partial charge in [0.05, 0.1) is 29.7 Å². The number of nitro benzene ring substituents is 1. The van der Waals surface area contributed by atoms with Crippen LogP contribution >= 0.6 is 0 Å². The second-order valence-electron chi connectivity index (χ2n) is 3.59. The first-order chi connectivity index (χ1) is 8.20. The molecule has 1 aromatic carbocycles. The summed E-state index contributed by atoms with van der Waals surface area (Å²) < 4.78 is 1.79. The number of nitro groups is 1. The predicted octanol–water partition coefficient (Wildman–Crippen LogP) is 1.33. The topological polar surface area (TPSA) is 81.2 Å². The number of non-ortho nitro benzene ring substituents is 1. The molecule has 1 N–H and O–H groups in total. The lowest BCUT2D eigenvalue weighted by Crippen LogP contribution is -2.03. The third-order valence-electron chi connectivity index (χ3n) is 2.46. The fourth-order valence-corrected chi connectivity index (χ4v) is 1.54. The van der Waals surface area contributed by atoms with Gasteiger partial charge in [-0.25, -0.2) is 4.98 Å². The maximum atomic E-state index is 10.5. The number of benzene rings is 1. The van der Waals surface area contributed by atoms with Crippen molar-refractivity contribution in [3.63, 3.8) is 0 Å². The van der Waals surface area contributed by atoms with Gasteiger partial charge in [0, 0.05) is 18.7 Å². The molecule has 0 spiro atoms. The lowest BCUT2D eigenvalue weighted by atomic mass is 10.2. The molecular weight excluding hydrogens is 222 g/mol. The highest BCUT2D eigenvalue weighted by atomic mass is 16.6. The van der Waals surface area contributed by atoms with Crippen LogP contribution in [0.2, 0.25) is 0 Å². The van der Waals surface area contributed by atoms with Crippen LogP contribution in [0.5, 0.6) is 0 Å². The third-order valence-corrected chi connectivity index (χ3v) is 2.46. The average molecular weight is 233 g/mol. The summed E-state index contributed by atoms with van der Waals surface area (Å²) in [6.45, 7) is 0.459. The molecule has 0 aliphatic rings. The molecule has 6 nitrogen and oxygen atoms in total. The van der Waals surface area contributed by atoms with Crippen LogP contribution in [0.25, 0.3) is 0 Å². The number of rotatable bonds is 4. The van der Waals surface area contributed by atoms with E-state index in [4.69, 9.17) is 5.11 Å². The third kappa shape index (κ3) is 2.48. The van der Waals surface area contributed by atoms with Gasteiger partial charge in [0.15, 0.2) is 0 Å². The van der Waals surface area contributed by atoms with E-state index < -0.39 is 4.92 Å². The predicted molar refractivity (Wildman–Crippen MR) is 60.3 cm³/mol. The van der Waals surface area contributed by atoms with E-state index >= 15 is 0 Å². The summed E-state index contributed by atoms with van der Waals surface area (Å²) in [5.41, 5.74) is 1.70. The molecule has 0 saturated carbocycles. The van der Waals surface area contributed by atoms with Crippen molar-refractivity contribution in [1.29, 1.82) is 0 Å². The summed E-state index contributed by atoms with van der Waals surface area (Å²) in [4.78, 5) is 14.0. The van der Waals surface area contributed by atoms with Crippen LogP contribution in [-0.2, 0) is 13.2 Å². The van der Waals surface area contributed by atoms with Gasteiger partial charge < -0.3 is 9.67 Å². The summed E-state index contributed by atoms with van der Waals surface area (Å²) in [5.74, 6) is 0. The number of aliphatic hydroxyl groups is 1. The highest BCUT2D eigenvalue weighted by Gasteiger charge is 2.05. The van der Waals surface area contributed by atoms with Gasteiger partial charge in [0.1, 0.15) is 0 Å². The largest absolute Gasteiger partial charge is 0.390 e. The number of aromatic nitrogens is 2. The van der Waals surface area contributed by atoms with E-state index in [1.165, 1.54) is 12.1 Å². The average Bonchev–Trinajstić information content (AvgIpc) is 2.77. The van der Waals surface area contributed by atoms with E-state index in [2.05, 4.69) is 4.98 Å². The molecule has 2 rings (SSSR count). The molecule has 0 amide bonds. The minimum absolute atomic E-state index is 0.0711. The van der Waals surface area contributed by atoms with E-state index in [9.17, 15) is 10.1 Å². The van der Waals surface area contributed by atoms with Gasteiger partial charge >= 0.3 is 0 Å². The molecule has 17 heavy (non-hydrogen) atoms. The van der Waals surface area contributed by atoms with Gasteiger partial charge in [-0.1, -0.05) is 12.1 Å². The Bertz CT molecular complexity index is 519. The first-order valence-corrected chi connectivity index (χ1v) is 5.04. The molecular formula is C11H11N3O3. The van der Waals surface area contributed by atoms with Crippen molar-refractivity contribution >= 4 is 5.69 Å². The first-order valence-electron chi connectivity index (χ1n) is 5.04. The number of hydrogen-bond donors (Lipinski definition) is 1. The molecule has 0 unspecified atom stereocenters. The minimum Gasteiger partial charge on any atom is -0.390 e. The molecule has 6 heteroatoms. The smallest absolute Gasteiger partial charge is 0.269 e. The fourth-order valence-electron chi connectivity index (χ4n) is 1.54. The maximum Gasteiger partial charge on any atom is 0.269 e. The Morgan fingerprint density at radius 1 is 1.35 bits per heavy atom. The van der Waals surface area contributed by atoms with Crippen molar-refractivity contribution in [2.45, 2.75) is 13.2 Å². The SMILES string of the molecule is O=[N+]([O-])c1ccc(Cn2cncc2CO)cc1.